The minimum Gasteiger partial charge on any atom is -0.465 e. The zero-order chi connectivity index (χ0) is 15.0. The van der Waals surface area contributed by atoms with Gasteiger partial charge >= 0.3 is 6.09 Å². The molecule has 0 radical (unpaired) electrons. The number of anilines is 1. The summed E-state index contributed by atoms with van der Waals surface area (Å²) in [6, 6.07) is 2.10. The molecule has 1 fully saturated rings. The lowest BCUT2D eigenvalue weighted by Crippen LogP contribution is -2.48. The van der Waals surface area contributed by atoms with Gasteiger partial charge in [0.25, 0.3) is 0 Å². The molecule has 2 heterocycles. The maximum atomic E-state index is 13.4. The molecule has 3 rings (SSSR count). The highest BCUT2D eigenvalue weighted by molar-refractivity contribution is 5.89. The standard InChI is InChI=1S/C13H12F2N4O2/c14-9-5-8-11(6-10(9)15)16-7-17-12(8)18-1-3-19(4-2-18)13(20)21/h5-7H,1-4H2,(H,20,21). The Balaban J connectivity index is 1.94. The van der Waals surface area contributed by atoms with Gasteiger partial charge in [-0.25, -0.2) is 23.5 Å². The van der Waals surface area contributed by atoms with Crippen LogP contribution in [0.3, 0.4) is 0 Å². The van der Waals surface area contributed by atoms with E-state index < -0.39 is 17.7 Å². The van der Waals surface area contributed by atoms with E-state index in [0.717, 1.165) is 12.1 Å². The summed E-state index contributed by atoms with van der Waals surface area (Å²) in [4.78, 5) is 22.1. The summed E-state index contributed by atoms with van der Waals surface area (Å²) < 4.78 is 26.7. The molecular weight excluding hydrogens is 282 g/mol. The third-order valence-corrected chi connectivity index (χ3v) is 3.51. The van der Waals surface area contributed by atoms with E-state index >= 15 is 0 Å². The first-order chi connectivity index (χ1) is 10.1. The van der Waals surface area contributed by atoms with Gasteiger partial charge in [-0.1, -0.05) is 0 Å². The van der Waals surface area contributed by atoms with E-state index in [1.807, 2.05) is 4.90 Å². The second kappa shape index (κ2) is 5.12. The Morgan fingerprint density at radius 3 is 2.43 bits per heavy atom. The van der Waals surface area contributed by atoms with E-state index in [-0.39, 0.29) is 0 Å². The first-order valence-corrected chi connectivity index (χ1v) is 6.39. The molecule has 0 aliphatic carbocycles. The Morgan fingerprint density at radius 2 is 1.76 bits per heavy atom. The summed E-state index contributed by atoms with van der Waals surface area (Å²) in [6.07, 6.45) is 0.328. The fourth-order valence-corrected chi connectivity index (χ4v) is 2.40. The highest BCUT2D eigenvalue weighted by atomic mass is 19.2. The van der Waals surface area contributed by atoms with Crippen molar-refractivity contribution in [3.63, 3.8) is 0 Å². The SMILES string of the molecule is O=C(O)N1CCN(c2ncnc3cc(F)c(F)cc23)CC1. The Morgan fingerprint density at radius 1 is 1.10 bits per heavy atom. The molecule has 0 unspecified atom stereocenters. The van der Waals surface area contributed by atoms with Crippen LogP contribution < -0.4 is 4.90 Å². The van der Waals surface area contributed by atoms with E-state index in [1.165, 1.54) is 11.2 Å². The minimum atomic E-state index is -0.963. The second-order valence-corrected chi connectivity index (χ2v) is 4.74. The smallest absolute Gasteiger partial charge is 0.407 e. The lowest BCUT2D eigenvalue weighted by molar-refractivity contribution is 0.142. The van der Waals surface area contributed by atoms with Crippen LogP contribution in [0.4, 0.5) is 19.4 Å². The number of piperazine rings is 1. The molecule has 1 aliphatic rings. The van der Waals surface area contributed by atoms with E-state index in [0.29, 0.717) is 42.9 Å². The van der Waals surface area contributed by atoms with Crippen LogP contribution in [-0.2, 0) is 0 Å². The molecular formula is C13H12F2N4O2. The van der Waals surface area contributed by atoms with Crippen LogP contribution in [0.25, 0.3) is 10.9 Å². The van der Waals surface area contributed by atoms with E-state index in [2.05, 4.69) is 9.97 Å². The Labute approximate surface area is 118 Å². The largest absolute Gasteiger partial charge is 0.465 e. The number of carbonyl (C=O) groups is 1. The maximum Gasteiger partial charge on any atom is 0.407 e. The first-order valence-electron chi connectivity index (χ1n) is 6.39. The Kier molecular flexibility index (Phi) is 3.28. The number of nitrogens with zero attached hydrogens (tertiary/aromatic N) is 4. The van der Waals surface area contributed by atoms with Gasteiger partial charge in [0.1, 0.15) is 12.1 Å². The highest BCUT2D eigenvalue weighted by Crippen LogP contribution is 2.25. The molecule has 1 aromatic heterocycles. The number of amides is 1. The molecule has 1 amide bonds. The topological polar surface area (TPSA) is 69.6 Å². The molecule has 1 aromatic carbocycles. The summed E-state index contributed by atoms with van der Waals surface area (Å²) >= 11 is 0. The third kappa shape index (κ3) is 2.44. The van der Waals surface area contributed by atoms with Gasteiger partial charge < -0.3 is 14.9 Å². The van der Waals surface area contributed by atoms with Gasteiger partial charge in [0.05, 0.1) is 5.52 Å². The summed E-state index contributed by atoms with van der Waals surface area (Å²) in [5.74, 6) is -1.42. The summed E-state index contributed by atoms with van der Waals surface area (Å²) in [5, 5.41) is 9.34. The van der Waals surface area contributed by atoms with Gasteiger partial charge in [0.2, 0.25) is 0 Å². The van der Waals surface area contributed by atoms with Crippen LogP contribution in [0, 0.1) is 11.6 Å². The average molecular weight is 294 g/mol. The van der Waals surface area contributed by atoms with Gasteiger partial charge in [-0.2, -0.15) is 0 Å². The van der Waals surface area contributed by atoms with Gasteiger partial charge in [-0.3, -0.25) is 0 Å². The zero-order valence-electron chi connectivity index (χ0n) is 11.0. The summed E-state index contributed by atoms with van der Waals surface area (Å²) in [6.45, 7) is 1.56. The fraction of sp³-hybridized carbons (Fsp3) is 0.308. The molecule has 2 aromatic rings. The van der Waals surface area contributed by atoms with Gasteiger partial charge in [-0.05, 0) is 6.07 Å². The van der Waals surface area contributed by atoms with Crippen LogP contribution >= 0.6 is 0 Å². The van der Waals surface area contributed by atoms with Crippen molar-refractivity contribution in [1.29, 1.82) is 0 Å². The van der Waals surface area contributed by atoms with E-state index in [1.54, 1.807) is 0 Å². The predicted octanol–water partition coefficient (Wildman–Crippen LogP) is 1.71. The van der Waals surface area contributed by atoms with Crippen molar-refractivity contribution >= 4 is 22.8 Å². The molecule has 110 valence electrons. The molecule has 0 bridgehead atoms. The average Bonchev–Trinajstić information content (AvgIpc) is 2.48. The van der Waals surface area contributed by atoms with Crippen LogP contribution in [0.15, 0.2) is 18.5 Å². The second-order valence-electron chi connectivity index (χ2n) is 4.74. The first kappa shape index (κ1) is 13.5. The van der Waals surface area contributed by atoms with Crippen molar-refractivity contribution in [2.75, 3.05) is 31.1 Å². The van der Waals surface area contributed by atoms with Crippen molar-refractivity contribution in [1.82, 2.24) is 14.9 Å². The number of hydrogen-bond acceptors (Lipinski definition) is 4. The summed E-state index contributed by atoms with van der Waals surface area (Å²) in [5.41, 5.74) is 0.319. The number of hydrogen-bond donors (Lipinski definition) is 1. The number of carboxylic acid groups (broad SMARTS) is 1. The van der Waals surface area contributed by atoms with Gasteiger partial charge in [0, 0.05) is 37.6 Å². The van der Waals surface area contributed by atoms with Crippen molar-refractivity contribution in [3.8, 4) is 0 Å². The van der Waals surface area contributed by atoms with Crippen molar-refractivity contribution < 1.29 is 18.7 Å². The van der Waals surface area contributed by atoms with Gasteiger partial charge in [0.15, 0.2) is 11.6 Å². The number of fused-ring (bicyclic) bond motifs is 1. The minimum absolute atomic E-state index is 0.319. The van der Waals surface area contributed by atoms with Crippen LogP contribution in [0.2, 0.25) is 0 Å². The highest BCUT2D eigenvalue weighted by Gasteiger charge is 2.23. The molecule has 1 N–H and O–H groups in total. The van der Waals surface area contributed by atoms with Crippen molar-refractivity contribution in [3.05, 3.63) is 30.1 Å². The molecule has 8 heteroatoms. The molecule has 0 saturated carbocycles. The number of halogens is 2. The lowest BCUT2D eigenvalue weighted by atomic mass is 10.2. The number of rotatable bonds is 1. The van der Waals surface area contributed by atoms with Crippen molar-refractivity contribution in [2.24, 2.45) is 0 Å². The predicted molar refractivity (Wildman–Crippen MR) is 71.3 cm³/mol. The van der Waals surface area contributed by atoms with Crippen molar-refractivity contribution in [2.45, 2.75) is 0 Å². The fourth-order valence-electron chi connectivity index (χ4n) is 2.40. The van der Waals surface area contributed by atoms with Crippen LogP contribution in [0.1, 0.15) is 0 Å². The lowest BCUT2D eigenvalue weighted by Gasteiger charge is -2.34. The molecule has 0 atom stereocenters. The van der Waals surface area contributed by atoms with Crippen LogP contribution in [-0.4, -0.2) is 52.2 Å². The third-order valence-electron chi connectivity index (χ3n) is 3.51. The van der Waals surface area contributed by atoms with E-state index in [9.17, 15) is 13.6 Å². The zero-order valence-corrected chi connectivity index (χ0v) is 11.0. The summed E-state index contributed by atoms with van der Waals surface area (Å²) in [7, 11) is 0. The monoisotopic (exact) mass is 294 g/mol. The maximum absolute atomic E-state index is 13.4. The molecule has 0 spiro atoms. The van der Waals surface area contributed by atoms with Crippen LogP contribution in [0.5, 0.6) is 0 Å². The van der Waals surface area contributed by atoms with E-state index in [4.69, 9.17) is 5.11 Å². The molecule has 1 aliphatic heterocycles. The quantitative estimate of drug-likeness (QED) is 0.867. The normalized spacial score (nSPS) is 15.5. The number of benzene rings is 1. The molecule has 6 nitrogen and oxygen atoms in total. The Hall–Kier alpha value is -2.51. The van der Waals surface area contributed by atoms with Gasteiger partial charge in [-0.15, -0.1) is 0 Å². The number of aromatic nitrogens is 2. The molecule has 21 heavy (non-hydrogen) atoms. The Bertz CT molecular complexity index is 702. The molecule has 1 saturated heterocycles.